The average Bonchev–Trinajstić information content (AvgIpc) is 2.99. The van der Waals surface area contributed by atoms with Crippen LogP contribution in [0.5, 0.6) is 5.75 Å². The van der Waals surface area contributed by atoms with Gasteiger partial charge in [0, 0.05) is 17.3 Å². The summed E-state index contributed by atoms with van der Waals surface area (Å²) in [6.07, 6.45) is 2.21. The molecule has 5 nitrogen and oxygen atoms in total. The van der Waals surface area contributed by atoms with E-state index in [0.717, 1.165) is 17.0 Å². The minimum Gasteiger partial charge on any atom is -0.497 e. The molecule has 1 N–H and O–H groups in total. The highest BCUT2D eigenvalue weighted by atomic mass is 16.5. The van der Waals surface area contributed by atoms with Crippen LogP contribution in [0.2, 0.25) is 0 Å². The zero-order valence-electron chi connectivity index (χ0n) is 14.3. The molecule has 126 valence electrons. The van der Waals surface area contributed by atoms with Crippen LogP contribution in [0.4, 0.5) is 5.69 Å². The molecule has 0 aliphatic carbocycles. The van der Waals surface area contributed by atoms with Gasteiger partial charge in [0.25, 0.3) is 0 Å². The lowest BCUT2D eigenvalue weighted by molar-refractivity contribution is 0.0660. The quantitative estimate of drug-likeness (QED) is 0.912. The van der Waals surface area contributed by atoms with Crippen LogP contribution in [0.25, 0.3) is 5.57 Å². The fourth-order valence-corrected chi connectivity index (χ4v) is 3.21. The predicted molar refractivity (Wildman–Crippen MR) is 92.6 cm³/mol. The number of ether oxygens (including phenoxy) is 1. The largest absolute Gasteiger partial charge is 0.497 e. The zero-order valence-corrected chi connectivity index (χ0v) is 14.3. The predicted octanol–water partition coefficient (Wildman–Crippen LogP) is 4.19. The third kappa shape index (κ3) is 2.77. The van der Waals surface area contributed by atoms with Gasteiger partial charge in [0.15, 0.2) is 0 Å². The molecule has 0 spiro atoms. The van der Waals surface area contributed by atoms with Crippen LogP contribution in [0.15, 0.2) is 40.8 Å². The summed E-state index contributed by atoms with van der Waals surface area (Å²) in [5.41, 5.74) is 3.16. The monoisotopic (exact) mass is 327 g/mol. The normalized spacial score (nSPS) is 15.7. The van der Waals surface area contributed by atoms with E-state index in [2.05, 4.69) is 31.7 Å². The number of methoxy groups -OCH3 is 1. The van der Waals surface area contributed by atoms with Gasteiger partial charge in [-0.3, -0.25) is 0 Å². The molecule has 24 heavy (non-hydrogen) atoms. The van der Waals surface area contributed by atoms with Gasteiger partial charge in [0.1, 0.15) is 11.5 Å². The lowest BCUT2D eigenvalue weighted by Gasteiger charge is -2.43. The second kappa shape index (κ2) is 5.74. The number of hydrogen-bond donors (Lipinski definition) is 1. The molecule has 0 atom stereocenters. The fourth-order valence-electron chi connectivity index (χ4n) is 3.21. The Hall–Kier alpha value is -2.69. The van der Waals surface area contributed by atoms with Gasteiger partial charge >= 0.3 is 5.97 Å². The van der Waals surface area contributed by atoms with Crippen molar-refractivity contribution in [3.63, 3.8) is 0 Å². The summed E-state index contributed by atoms with van der Waals surface area (Å²) in [5, 5.41) is 9.03. The van der Waals surface area contributed by atoms with Crippen molar-refractivity contribution < 1.29 is 19.1 Å². The second-order valence-electron chi connectivity index (χ2n) is 6.52. The van der Waals surface area contributed by atoms with E-state index in [1.54, 1.807) is 13.2 Å². The zero-order chi connectivity index (χ0) is 17.5. The number of hydrogen-bond acceptors (Lipinski definition) is 4. The molecule has 3 rings (SSSR count). The topological polar surface area (TPSA) is 62.9 Å². The molecule has 0 bridgehead atoms. The number of fused-ring (bicyclic) bond motifs is 1. The number of aromatic carboxylic acids is 1. The number of allylic oxidation sites excluding steroid dienone is 1. The molecule has 1 aliphatic heterocycles. The Morgan fingerprint density at radius 2 is 2.04 bits per heavy atom. The van der Waals surface area contributed by atoms with E-state index < -0.39 is 5.97 Å². The lowest BCUT2D eigenvalue weighted by atomic mass is 9.88. The van der Waals surface area contributed by atoms with E-state index in [1.165, 1.54) is 11.6 Å². The van der Waals surface area contributed by atoms with Crippen molar-refractivity contribution in [3.05, 3.63) is 53.5 Å². The first-order chi connectivity index (χ1) is 11.3. The third-order valence-corrected chi connectivity index (χ3v) is 4.37. The molecule has 5 heteroatoms. The maximum atomic E-state index is 11.0. The molecular formula is C19H21NO4. The Morgan fingerprint density at radius 1 is 1.29 bits per heavy atom. The molecule has 1 aliphatic rings. The lowest BCUT2D eigenvalue weighted by Crippen LogP contribution is -2.44. The summed E-state index contributed by atoms with van der Waals surface area (Å²) in [7, 11) is 1.65. The van der Waals surface area contributed by atoms with Crippen LogP contribution in [0.3, 0.4) is 0 Å². The molecule has 0 fully saturated rings. The maximum absolute atomic E-state index is 11.0. The summed E-state index contributed by atoms with van der Waals surface area (Å²) >= 11 is 0. The second-order valence-corrected chi connectivity index (χ2v) is 6.52. The van der Waals surface area contributed by atoms with E-state index in [-0.39, 0.29) is 11.3 Å². The number of carbonyl (C=O) groups is 1. The van der Waals surface area contributed by atoms with E-state index in [9.17, 15) is 4.79 Å². The average molecular weight is 327 g/mol. The van der Waals surface area contributed by atoms with Crippen LogP contribution < -0.4 is 9.64 Å². The van der Waals surface area contributed by atoms with Gasteiger partial charge < -0.3 is 19.2 Å². The van der Waals surface area contributed by atoms with Crippen molar-refractivity contribution >= 4 is 17.2 Å². The first-order valence-corrected chi connectivity index (χ1v) is 7.79. The van der Waals surface area contributed by atoms with Crippen LogP contribution in [-0.2, 0) is 6.54 Å². The van der Waals surface area contributed by atoms with Crippen LogP contribution in [0, 0.1) is 0 Å². The van der Waals surface area contributed by atoms with Gasteiger partial charge in [0.05, 0.1) is 19.2 Å². The van der Waals surface area contributed by atoms with Gasteiger partial charge in [-0.1, -0.05) is 6.08 Å². The smallest absolute Gasteiger partial charge is 0.371 e. The minimum atomic E-state index is -1.06. The molecule has 0 amide bonds. The Morgan fingerprint density at radius 3 is 2.67 bits per heavy atom. The van der Waals surface area contributed by atoms with Crippen molar-refractivity contribution in [3.8, 4) is 5.75 Å². The Bertz CT molecular complexity index is 817. The van der Waals surface area contributed by atoms with E-state index >= 15 is 0 Å². The highest BCUT2D eigenvalue weighted by molar-refractivity contribution is 5.84. The highest BCUT2D eigenvalue weighted by Crippen LogP contribution is 2.41. The van der Waals surface area contributed by atoms with Crippen molar-refractivity contribution in [1.82, 2.24) is 0 Å². The molecule has 1 aromatic carbocycles. The molecule has 2 aromatic rings. The van der Waals surface area contributed by atoms with Crippen molar-refractivity contribution in [1.29, 1.82) is 0 Å². The van der Waals surface area contributed by atoms with Crippen LogP contribution in [-0.4, -0.2) is 23.7 Å². The summed E-state index contributed by atoms with van der Waals surface area (Å²) in [6.45, 7) is 6.82. The molecule has 0 radical (unpaired) electrons. The Balaban J connectivity index is 2.03. The van der Waals surface area contributed by atoms with E-state index in [1.807, 2.05) is 18.2 Å². The Labute approximate surface area is 141 Å². The van der Waals surface area contributed by atoms with Gasteiger partial charge in [-0.05, 0) is 50.6 Å². The summed E-state index contributed by atoms with van der Waals surface area (Å²) in [4.78, 5) is 13.2. The summed E-state index contributed by atoms with van der Waals surface area (Å²) in [5.74, 6) is 0.298. The van der Waals surface area contributed by atoms with E-state index in [4.69, 9.17) is 14.3 Å². The van der Waals surface area contributed by atoms with Crippen molar-refractivity contribution in [2.75, 3.05) is 12.0 Å². The SMILES string of the molecule is COc1ccc2c(c1)N(Cc1ccc(C(=O)O)o1)C(C)(C)C=C2C. The van der Waals surface area contributed by atoms with Crippen LogP contribution in [0.1, 0.15) is 42.6 Å². The molecule has 0 saturated carbocycles. The summed E-state index contributed by atoms with van der Waals surface area (Å²) < 4.78 is 10.8. The number of rotatable bonds is 4. The fraction of sp³-hybridized carbons (Fsp3) is 0.316. The number of anilines is 1. The maximum Gasteiger partial charge on any atom is 0.371 e. The molecule has 0 unspecified atom stereocenters. The first-order valence-electron chi connectivity index (χ1n) is 7.79. The molecular weight excluding hydrogens is 306 g/mol. The standard InChI is InChI=1S/C19H21NO4/c1-12-10-19(2,3)20(11-14-6-8-17(24-14)18(21)22)16-9-13(23-4)5-7-15(12)16/h5-10H,11H2,1-4H3,(H,21,22). The number of nitrogens with zero attached hydrogens (tertiary/aromatic N) is 1. The molecule has 0 saturated heterocycles. The van der Waals surface area contributed by atoms with Crippen LogP contribution >= 0.6 is 0 Å². The number of carboxylic acids is 1. The number of benzene rings is 1. The van der Waals surface area contributed by atoms with Crippen molar-refractivity contribution in [2.24, 2.45) is 0 Å². The van der Waals surface area contributed by atoms with Gasteiger partial charge in [-0.15, -0.1) is 0 Å². The van der Waals surface area contributed by atoms with Crippen molar-refractivity contribution in [2.45, 2.75) is 32.9 Å². The Kier molecular flexibility index (Phi) is 3.87. The van der Waals surface area contributed by atoms with Gasteiger partial charge in [-0.2, -0.15) is 0 Å². The first kappa shape index (κ1) is 16.2. The highest BCUT2D eigenvalue weighted by Gasteiger charge is 2.32. The number of carboxylic acid groups (broad SMARTS) is 1. The van der Waals surface area contributed by atoms with Gasteiger partial charge in [-0.25, -0.2) is 4.79 Å². The molecule has 1 aromatic heterocycles. The third-order valence-electron chi connectivity index (χ3n) is 4.37. The summed E-state index contributed by atoms with van der Waals surface area (Å²) in [6, 6.07) is 9.20. The molecule has 2 heterocycles. The van der Waals surface area contributed by atoms with E-state index in [0.29, 0.717) is 12.3 Å². The minimum absolute atomic E-state index is 0.0441. The van der Waals surface area contributed by atoms with Gasteiger partial charge in [0.2, 0.25) is 5.76 Å². The number of furan rings is 1.